The van der Waals surface area contributed by atoms with Gasteiger partial charge in [0.2, 0.25) is 0 Å². The second kappa shape index (κ2) is 8.89. The molecule has 2 aromatic rings. The van der Waals surface area contributed by atoms with E-state index in [0.29, 0.717) is 17.2 Å². The number of ether oxygens (including phenoxy) is 3. The molecule has 1 aromatic carbocycles. The van der Waals surface area contributed by atoms with E-state index >= 15 is 0 Å². The Morgan fingerprint density at radius 2 is 1.92 bits per heavy atom. The number of rotatable bonds is 7. The van der Waals surface area contributed by atoms with Gasteiger partial charge in [0.05, 0.1) is 14.2 Å². The van der Waals surface area contributed by atoms with Crippen molar-refractivity contribution < 1.29 is 23.8 Å². The van der Waals surface area contributed by atoms with Crippen molar-refractivity contribution in [2.24, 2.45) is 0 Å². The van der Waals surface area contributed by atoms with Gasteiger partial charge in [0.15, 0.2) is 17.6 Å². The summed E-state index contributed by atoms with van der Waals surface area (Å²) < 4.78 is 15.4. The number of amides is 1. The van der Waals surface area contributed by atoms with Crippen molar-refractivity contribution in [1.82, 2.24) is 0 Å². The molecule has 6 nitrogen and oxygen atoms in total. The Labute approximate surface area is 150 Å². The van der Waals surface area contributed by atoms with E-state index in [0.717, 1.165) is 5.56 Å². The van der Waals surface area contributed by atoms with Crippen molar-refractivity contribution in [2.75, 3.05) is 19.5 Å². The van der Waals surface area contributed by atoms with Crippen molar-refractivity contribution in [1.29, 1.82) is 0 Å². The molecule has 0 bridgehead atoms. The van der Waals surface area contributed by atoms with Gasteiger partial charge in [-0.15, -0.1) is 0 Å². The van der Waals surface area contributed by atoms with E-state index < -0.39 is 18.0 Å². The first-order valence-electron chi connectivity index (χ1n) is 7.47. The first kappa shape index (κ1) is 18.5. The van der Waals surface area contributed by atoms with E-state index in [4.69, 9.17) is 14.2 Å². The number of hydrogen-bond donors (Lipinski definition) is 1. The number of esters is 1. The second-order valence-electron chi connectivity index (χ2n) is 5.03. The fraction of sp³-hybridized carbons (Fsp3) is 0.222. The zero-order valence-corrected chi connectivity index (χ0v) is 15.0. The summed E-state index contributed by atoms with van der Waals surface area (Å²) in [7, 11) is 3.04. The highest BCUT2D eigenvalue weighted by atomic mass is 32.1. The number of benzene rings is 1. The minimum atomic E-state index is -0.937. The summed E-state index contributed by atoms with van der Waals surface area (Å²) in [5, 5.41) is 6.48. The molecule has 0 fully saturated rings. The largest absolute Gasteiger partial charge is 0.493 e. The summed E-state index contributed by atoms with van der Waals surface area (Å²) in [5.41, 5.74) is 1.42. The molecule has 1 amide bonds. The molecule has 2 rings (SSSR count). The molecule has 7 heteroatoms. The molecule has 0 aliphatic heterocycles. The van der Waals surface area contributed by atoms with E-state index in [9.17, 15) is 9.59 Å². The van der Waals surface area contributed by atoms with Crippen LogP contribution in [0, 0.1) is 0 Å². The lowest BCUT2D eigenvalue weighted by atomic mass is 10.2. The van der Waals surface area contributed by atoms with E-state index in [2.05, 4.69) is 5.32 Å². The van der Waals surface area contributed by atoms with Gasteiger partial charge in [-0.3, -0.25) is 4.79 Å². The van der Waals surface area contributed by atoms with Crippen molar-refractivity contribution in [3.05, 3.63) is 46.7 Å². The number of carbonyl (C=O) groups excluding carboxylic acids is 2. The van der Waals surface area contributed by atoms with Crippen LogP contribution in [0.5, 0.6) is 11.5 Å². The minimum absolute atomic E-state index is 0.440. The van der Waals surface area contributed by atoms with Crippen LogP contribution in [0.2, 0.25) is 0 Å². The fourth-order valence-corrected chi connectivity index (χ4v) is 2.59. The molecule has 0 unspecified atom stereocenters. The Morgan fingerprint density at radius 3 is 2.56 bits per heavy atom. The van der Waals surface area contributed by atoms with Crippen LogP contribution in [-0.2, 0) is 14.3 Å². The molecular formula is C18H19NO5S. The molecule has 25 heavy (non-hydrogen) atoms. The van der Waals surface area contributed by atoms with Crippen LogP contribution in [0.3, 0.4) is 0 Å². The number of methoxy groups -OCH3 is 2. The Bertz CT molecular complexity index is 755. The molecule has 0 spiro atoms. The van der Waals surface area contributed by atoms with Crippen molar-refractivity contribution >= 4 is 35.0 Å². The molecule has 1 aromatic heterocycles. The normalized spacial score (nSPS) is 11.8. The molecule has 132 valence electrons. The van der Waals surface area contributed by atoms with Crippen LogP contribution in [-0.4, -0.2) is 32.2 Å². The molecule has 0 saturated carbocycles. The molecular weight excluding hydrogens is 342 g/mol. The lowest BCUT2D eigenvalue weighted by Gasteiger charge is -2.14. The Kier molecular flexibility index (Phi) is 6.59. The van der Waals surface area contributed by atoms with E-state index in [-0.39, 0.29) is 0 Å². The number of carbonyl (C=O) groups is 2. The van der Waals surface area contributed by atoms with Gasteiger partial charge in [-0.1, -0.05) is 0 Å². The highest BCUT2D eigenvalue weighted by Gasteiger charge is 2.17. The van der Waals surface area contributed by atoms with Crippen molar-refractivity contribution in [3.63, 3.8) is 0 Å². The average Bonchev–Trinajstić information content (AvgIpc) is 3.13. The van der Waals surface area contributed by atoms with Crippen LogP contribution < -0.4 is 14.8 Å². The average molecular weight is 361 g/mol. The summed E-state index contributed by atoms with van der Waals surface area (Å²) in [6.45, 7) is 1.51. The van der Waals surface area contributed by atoms with Crippen LogP contribution in [0.25, 0.3) is 6.08 Å². The van der Waals surface area contributed by atoms with Crippen LogP contribution in [0.4, 0.5) is 5.69 Å². The van der Waals surface area contributed by atoms with Crippen LogP contribution in [0.15, 0.2) is 41.1 Å². The van der Waals surface area contributed by atoms with Gasteiger partial charge in [0.1, 0.15) is 0 Å². The third kappa shape index (κ3) is 5.36. The maximum absolute atomic E-state index is 12.2. The molecule has 0 aliphatic carbocycles. The quantitative estimate of drug-likeness (QED) is 0.605. The first-order valence-corrected chi connectivity index (χ1v) is 8.41. The Hall–Kier alpha value is -2.80. The smallest absolute Gasteiger partial charge is 0.331 e. The predicted octanol–water partition coefficient (Wildman–Crippen LogP) is 3.35. The standard InChI is InChI=1S/C18H19NO5S/c1-12(24-17(20)7-4-13-8-9-25-11-13)18(21)19-14-5-6-15(22-2)16(10-14)23-3/h4-12H,1-3H3,(H,19,21)/b7-4+/t12-/m1/s1. The summed E-state index contributed by atoms with van der Waals surface area (Å²) in [6, 6.07) is 6.85. The van der Waals surface area contributed by atoms with E-state index in [1.807, 2.05) is 16.8 Å². The summed E-state index contributed by atoms with van der Waals surface area (Å²) in [5.74, 6) is 0.0212. The second-order valence-corrected chi connectivity index (χ2v) is 5.81. The van der Waals surface area contributed by atoms with E-state index in [1.165, 1.54) is 38.6 Å². The molecule has 0 aliphatic rings. The molecule has 0 radical (unpaired) electrons. The molecule has 1 N–H and O–H groups in total. The van der Waals surface area contributed by atoms with Gasteiger partial charge >= 0.3 is 5.97 Å². The summed E-state index contributed by atoms with van der Waals surface area (Å²) in [4.78, 5) is 23.9. The monoisotopic (exact) mass is 361 g/mol. The van der Waals surface area contributed by atoms with Gasteiger partial charge in [0, 0.05) is 17.8 Å². The highest BCUT2D eigenvalue weighted by molar-refractivity contribution is 7.08. The Balaban J connectivity index is 1.92. The van der Waals surface area contributed by atoms with Gasteiger partial charge in [-0.2, -0.15) is 11.3 Å². The predicted molar refractivity (Wildman–Crippen MR) is 97.1 cm³/mol. The Morgan fingerprint density at radius 1 is 1.16 bits per heavy atom. The van der Waals surface area contributed by atoms with Crippen molar-refractivity contribution in [3.8, 4) is 11.5 Å². The van der Waals surface area contributed by atoms with Crippen molar-refractivity contribution in [2.45, 2.75) is 13.0 Å². The maximum atomic E-state index is 12.2. The van der Waals surface area contributed by atoms with E-state index in [1.54, 1.807) is 24.3 Å². The van der Waals surface area contributed by atoms with Gasteiger partial charge in [0.25, 0.3) is 5.91 Å². The summed E-state index contributed by atoms with van der Waals surface area (Å²) >= 11 is 1.53. The summed E-state index contributed by atoms with van der Waals surface area (Å²) in [6.07, 6.45) is 1.99. The number of nitrogens with one attached hydrogen (secondary N) is 1. The maximum Gasteiger partial charge on any atom is 0.331 e. The number of thiophene rings is 1. The van der Waals surface area contributed by atoms with Gasteiger partial charge in [-0.05, 0) is 47.5 Å². The first-order chi connectivity index (χ1) is 12.0. The van der Waals surface area contributed by atoms with Crippen LogP contribution in [0.1, 0.15) is 12.5 Å². The lowest BCUT2D eigenvalue weighted by molar-refractivity contribution is -0.148. The van der Waals surface area contributed by atoms with Crippen LogP contribution >= 0.6 is 11.3 Å². The zero-order chi connectivity index (χ0) is 18.2. The molecule has 0 saturated heterocycles. The topological polar surface area (TPSA) is 73.9 Å². The number of anilines is 1. The van der Waals surface area contributed by atoms with Gasteiger partial charge in [-0.25, -0.2) is 4.79 Å². The third-order valence-electron chi connectivity index (χ3n) is 3.27. The fourth-order valence-electron chi connectivity index (χ4n) is 1.96. The zero-order valence-electron chi connectivity index (χ0n) is 14.1. The lowest BCUT2D eigenvalue weighted by Crippen LogP contribution is -2.29. The molecule has 1 atom stereocenters. The third-order valence-corrected chi connectivity index (χ3v) is 3.97. The van der Waals surface area contributed by atoms with Gasteiger partial charge < -0.3 is 19.5 Å². The molecule has 1 heterocycles. The number of hydrogen-bond acceptors (Lipinski definition) is 6. The SMILES string of the molecule is COc1ccc(NC(=O)[C@@H](C)OC(=O)/C=C/c2ccsc2)cc1OC. The highest BCUT2D eigenvalue weighted by Crippen LogP contribution is 2.29. The minimum Gasteiger partial charge on any atom is -0.493 e.